The zero-order valence-corrected chi connectivity index (χ0v) is 13.0. The van der Waals surface area contributed by atoms with Gasteiger partial charge in [0.1, 0.15) is 6.61 Å². The molecule has 0 aliphatic rings. The lowest BCUT2D eigenvalue weighted by Gasteiger charge is -2.00. The van der Waals surface area contributed by atoms with Crippen molar-refractivity contribution in [1.29, 1.82) is 0 Å². The van der Waals surface area contributed by atoms with Crippen LogP contribution in [0.15, 0.2) is 53.8 Å². The molecule has 3 nitrogen and oxygen atoms in total. The van der Waals surface area contributed by atoms with Crippen LogP contribution in [0.3, 0.4) is 0 Å². The minimum absolute atomic E-state index is 0.485. The van der Waals surface area contributed by atoms with Crippen molar-refractivity contribution in [3.63, 3.8) is 0 Å². The first-order valence-electron chi connectivity index (χ1n) is 7.58. The number of para-hydroxylation sites is 1. The van der Waals surface area contributed by atoms with Crippen molar-refractivity contribution in [3.8, 4) is 0 Å². The van der Waals surface area contributed by atoms with Gasteiger partial charge in [-0.15, -0.1) is 0 Å². The number of hydrogen-bond acceptors (Lipinski definition) is 2. The maximum atomic E-state index is 5.39. The average Bonchev–Trinajstić information content (AvgIpc) is 2.96. The third-order valence-electron chi connectivity index (χ3n) is 3.83. The summed E-state index contributed by atoms with van der Waals surface area (Å²) in [6.45, 7) is 4.72. The lowest BCUT2D eigenvalue weighted by atomic mass is 10.1. The quantitative estimate of drug-likeness (QED) is 0.542. The SMILES string of the molecule is CCc1cccc2c(C=NOCc3ccc(C)cc3)c[nH]c12. The molecule has 22 heavy (non-hydrogen) atoms. The molecule has 0 saturated heterocycles. The van der Waals surface area contributed by atoms with Gasteiger partial charge in [-0.3, -0.25) is 0 Å². The minimum Gasteiger partial charge on any atom is -0.391 e. The van der Waals surface area contributed by atoms with Gasteiger partial charge in [0.2, 0.25) is 0 Å². The first-order valence-corrected chi connectivity index (χ1v) is 7.58. The van der Waals surface area contributed by atoms with E-state index in [-0.39, 0.29) is 0 Å². The van der Waals surface area contributed by atoms with E-state index in [0.29, 0.717) is 6.61 Å². The number of aromatic nitrogens is 1. The number of benzene rings is 2. The molecule has 2 aromatic carbocycles. The fourth-order valence-electron chi connectivity index (χ4n) is 2.53. The van der Waals surface area contributed by atoms with E-state index >= 15 is 0 Å². The molecular formula is C19H20N2O. The summed E-state index contributed by atoms with van der Waals surface area (Å²) in [5.74, 6) is 0. The number of hydrogen-bond donors (Lipinski definition) is 1. The van der Waals surface area contributed by atoms with Crippen LogP contribution in [0.1, 0.15) is 29.2 Å². The summed E-state index contributed by atoms with van der Waals surface area (Å²) in [5, 5.41) is 5.27. The van der Waals surface area contributed by atoms with E-state index in [1.807, 2.05) is 6.20 Å². The van der Waals surface area contributed by atoms with Crippen LogP contribution in [0, 0.1) is 6.92 Å². The van der Waals surface area contributed by atoms with Crippen molar-refractivity contribution < 1.29 is 4.84 Å². The smallest absolute Gasteiger partial charge is 0.142 e. The van der Waals surface area contributed by atoms with Gasteiger partial charge in [-0.25, -0.2) is 0 Å². The van der Waals surface area contributed by atoms with Crippen LogP contribution >= 0.6 is 0 Å². The van der Waals surface area contributed by atoms with E-state index in [1.54, 1.807) is 6.21 Å². The second-order valence-corrected chi connectivity index (χ2v) is 5.43. The Bertz CT molecular complexity index is 785. The summed E-state index contributed by atoms with van der Waals surface area (Å²) in [7, 11) is 0. The molecule has 0 aliphatic carbocycles. The molecule has 112 valence electrons. The number of nitrogens with one attached hydrogen (secondary N) is 1. The average molecular weight is 292 g/mol. The predicted molar refractivity (Wildman–Crippen MR) is 91.2 cm³/mol. The van der Waals surface area contributed by atoms with Crippen LogP contribution in [-0.4, -0.2) is 11.2 Å². The first-order chi connectivity index (χ1) is 10.8. The highest BCUT2D eigenvalue weighted by Crippen LogP contribution is 2.21. The lowest BCUT2D eigenvalue weighted by molar-refractivity contribution is 0.132. The molecule has 0 unspecified atom stereocenters. The third kappa shape index (κ3) is 3.03. The number of H-pyrrole nitrogens is 1. The number of fused-ring (bicyclic) bond motifs is 1. The molecule has 3 rings (SSSR count). The number of rotatable bonds is 5. The molecule has 0 amide bonds. The second kappa shape index (κ2) is 6.48. The van der Waals surface area contributed by atoms with Crippen molar-refractivity contribution >= 4 is 17.1 Å². The Kier molecular flexibility index (Phi) is 4.24. The summed E-state index contributed by atoms with van der Waals surface area (Å²) >= 11 is 0. The highest BCUT2D eigenvalue weighted by molar-refractivity contribution is 5.99. The molecule has 1 heterocycles. The van der Waals surface area contributed by atoms with Crippen molar-refractivity contribution in [2.24, 2.45) is 5.16 Å². The Morgan fingerprint density at radius 3 is 2.73 bits per heavy atom. The zero-order valence-electron chi connectivity index (χ0n) is 13.0. The molecule has 0 radical (unpaired) electrons. The number of aromatic amines is 1. The Morgan fingerprint density at radius 1 is 1.14 bits per heavy atom. The molecule has 3 aromatic rings. The van der Waals surface area contributed by atoms with E-state index in [9.17, 15) is 0 Å². The summed E-state index contributed by atoms with van der Waals surface area (Å²) in [6.07, 6.45) is 4.76. The maximum absolute atomic E-state index is 5.39. The van der Waals surface area contributed by atoms with Crippen molar-refractivity contribution in [1.82, 2.24) is 4.98 Å². The summed E-state index contributed by atoms with van der Waals surface area (Å²) in [6, 6.07) is 14.6. The lowest BCUT2D eigenvalue weighted by Crippen LogP contribution is -1.88. The van der Waals surface area contributed by atoms with Gasteiger partial charge in [-0.05, 0) is 24.5 Å². The van der Waals surface area contributed by atoms with Crippen LogP contribution in [0.4, 0.5) is 0 Å². The first kappa shape index (κ1) is 14.4. The van der Waals surface area contributed by atoms with E-state index in [4.69, 9.17) is 4.84 Å². The molecule has 0 atom stereocenters. The zero-order chi connectivity index (χ0) is 15.4. The Balaban J connectivity index is 1.69. The van der Waals surface area contributed by atoms with E-state index in [2.05, 4.69) is 66.5 Å². The molecule has 0 spiro atoms. The minimum atomic E-state index is 0.485. The van der Waals surface area contributed by atoms with Gasteiger partial charge in [0.25, 0.3) is 0 Å². The molecule has 0 saturated carbocycles. The molecule has 1 aromatic heterocycles. The van der Waals surface area contributed by atoms with Crippen LogP contribution in [0.5, 0.6) is 0 Å². The summed E-state index contributed by atoms with van der Waals surface area (Å²) < 4.78 is 0. The maximum Gasteiger partial charge on any atom is 0.142 e. The standard InChI is InChI=1S/C19H20N2O/c1-3-16-5-4-6-18-17(11-20-19(16)18)12-21-22-13-15-9-7-14(2)8-10-15/h4-12,20H,3,13H2,1-2H3. The van der Waals surface area contributed by atoms with Crippen LogP contribution < -0.4 is 0 Å². The second-order valence-electron chi connectivity index (χ2n) is 5.43. The number of oxime groups is 1. The molecule has 0 aliphatic heterocycles. The van der Waals surface area contributed by atoms with Gasteiger partial charge in [0.15, 0.2) is 0 Å². The summed E-state index contributed by atoms with van der Waals surface area (Å²) in [5.41, 5.74) is 5.92. The molecule has 0 bridgehead atoms. The normalized spacial score (nSPS) is 11.4. The van der Waals surface area contributed by atoms with Crippen LogP contribution in [0.2, 0.25) is 0 Å². The van der Waals surface area contributed by atoms with Gasteiger partial charge >= 0.3 is 0 Å². The molecule has 3 heteroatoms. The third-order valence-corrected chi connectivity index (χ3v) is 3.83. The van der Waals surface area contributed by atoms with Crippen molar-refractivity contribution in [3.05, 3.63) is 70.9 Å². The largest absolute Gasteiger partial charge is 0.391 e. The van der Waals surface area contributed by atoms with Gasteiger partial charge in [-0.1, -0.05) is 60.1 Å². The predicted octanol–water partition coefficient (Wildman–Crippen LogP) is 4.59. The van der Waals surface area contributed by atoms with Gasteiger partial charge in [-0.2, -0.15) is 0 Å². The van der Waals surface area contributed by atoms with Crippen LogP contribution in [-0.2, 0) is 17.9 Å². The fraction of sp³-hybridized carbons (Fsp3) is 0.211. The van der Waals surface area contributed by atoms with Gasteiger partial charge in [0.05, 0.1) is 6.21 Å². The Hall–Kier alpha value is -2.55. The highest BCUT2D eigenvalue weighted by Gasteiger charge is 2.04. The van der Waals surface area contributed by atoms with Gasteiger partial charge in [0, 0.05) is 22.7 Å². The Morgan fingerprint density at radius 2 is 1.95 bits per heavy atom. The molecule has 1 N–H and O–H groups in total. The van der Waals surface area contributed by atoms with E-state index in [1.165, 1.54) is 22.0 Å². The number of aryl methyl sites for hydroxylation is 2. The van der Waals surface area contributed by atoms with E-state index < -0.39 is 0 Å². The van der Waals surface area contributed by atoms with Crippen LogP contribution in [0.25, 0.3) is 10.9 Å². The summed E-state index contributed by atoms with van der Waals surface area (Å²) in [4.78, 5) is 8.72. The molecule has 0 fully saturated rings. The van der Waals surface area contributed by atoms with Gasteiger partial charge < -0.3 is 9.82 Å². The Labute approximate surface area is 130 Å². The monoisotopic (exact) mass is 292 g/mol. The number of nitrogens with zero attached hydrogens (tertiary/aromatic N) is 1. The fourth-order valence-corrected chi connectivity index (χ4v) is 2.53. The van der Waals surface area contributed by atoms with E-state index in [0.717, 1.165) is 17.5 Å². The highest BCUT2D eigenvalue weighted by atomic mass is 16.6. The van der Waals surface area contributed by atoms with Crippen molar-refractivity contribution in [2.75, 3.05) is 0 Å². The topological polar surface area (TPSA) is 37.4 Å². The van der Waals surface area contributed by atoms with Crippen molar-refractivity contribution in [2.45, 2.75) is 26.9 Å². The molecular weight excluding hydrogens is 272 g/mol.